The summed E-state index contributed by atoms with van der Waals surface area (Å²) >= 11 is 0. The van der Waals surface area contributed by atoms with Gasteiger partial charge in [-0.15, -0.1) is 4.40 Å². The van der Waals surface area contributed by atoms with Crippen molar-refractivity contribution >= 4 is 21.8 Å². The number of carbonyl (C=O) groups excluding carboxylic acids is 1. The Morgan fingerprint density at radius 1 is 1.30 bits per heavy atom. The van der Waals surface area contributed by atoms with Crippen LogP contribution in [0.1, 0.15) is 25.8 Å². The van der Waals surface area contributed by atoms with E-state index in [1.54, 1.807) is 32.0 Å². The van der Waals surface area contributed by atoms with Crippen LogP contribution in [0.4, 0.5) is 4.39 Å². The first kappa shape index (κ1) is 17.1. The first-order valence-electron chi connectivity index (χ1n) is 7.08. The van der Waals surface area contributed by atoms with Crippen molar-refractivity contribution in [2.75, 3.05) is 6.54 Å². The molecule has 0 saturated carbocycles. The molecule has 0 radical (unpaired) electrons. The summed E-state index contributed by atoms with van der Waals surface area (Å²) in [5, 5.41) is 2.70. The summed E-state index contributed by atoms with van der Waals surface area (Å²) in [5.74, 6) is -0.573. The quantitative estimate of drug-likeness (QED) is 0.851. The summed E-state index contributed by atoms with van der Waals surface area (Å²) in [6.45, 7) is 3.43. The Balaban J connectivity index is 1.91. The fourth-order valence-corrected chi connectivity index (χ4v) is 3.33. The van der Waals surface area contributed by atoms with Crippen molar-refractivity contribution in [3.8, 4) is 0 Å². The molecule has 0 fully saturated rings. The van der Waals surface area contributed by atoms with Gasteiger partial charge in [-0.2, -0.15) is 8.42 Å². The van der Waals surface area contributed by atoms with Crippen LogP contribution in [0.25, 0.3) is 0 Å². The van der Waals surface area contributed by atoms with Crippen LogP contribution in [-0.2, 0) is 21.4 Å². The molecular weight excluding hydrogens is 321 g/mol. The highest BCUT2D eigenvalue weighted by molar-refractivity contribution is 7.88. The van der Waals surface area contributed by atoms with Crippen LogP contribution < -0.4 is 10.0 Å². The van der Waals surface area contributed by atoms with E-state index in [-0.39, 0.29) is 18.1 Å². The van der Waals surface area contributed by atoms with Gasteiger partial charge in [0.1, 0.15) is 5.82 Å². The number of rotatable bonds is 5. The summed E-state index contributed by atoms with van der Waals surface area (Å²) in [6.07, 6.45) is 0.400. The molecule has 1 amide bonds. The highest BCUT2D eigenvalue weighted by atomic mass is 32.2. The van der Waals surface area contributed by atoms with Crippen LogP contribution in [0.5, 0.6) is 0 Å². The first-order chi connectivity index (χ1) is 10.8. The van der Waals surface area contributed by atoms with Crippen molar-refractivity contribution < 1.29 is 17.6 Å². The minimum atomic E-state index is -3.70. The zero-order chi connectivity index (χ0) is 17.0. The molecule has 124 valence electrons. The van der Waals surface area contributed by atoms with Gasteiger partial charge in [-0.25, -0.2) is 4.39 Å². The third-order valence-electron chi connectivity index (χ3n) is 3.44. The van der Waals surface area contributed by atoms with Gasteiger partial charge in [0.05, 0.1) is 12.1 Å². The summed E-state index contributed by atoms with van der Waals surface area (Å²) in [5.41, 5.74) is 1.77. The Bertz CT molecular complexity index is 785. The van der Waals surface area contributed by atoms with Crippen molar-refractivity contribution in [3.05, 3.63) is 46.9 Å². The molecule has 0 aliphatic carbocycles. The average molecular weight is 339 g/mol. The summed E-state index contributed by atoms with van der Waals surface area (Å²) in [7, 11) is -3.70. The first-order valence-corrected chi connectivity index (χ1v) is 8.52. The lowest BCUT2D eigenvalue weighted by molar-refractivity contribution is -0.120. The Morgan fingerprint density at radius 3 is 2.65 bits per heavy atom. The normalized spacial score (nSPS) is 16.6. The maximum absolute atomic E-state index is 13.5. The Labute approximate surface area is 134 Å². The molecule has 1 heterocycles. The van der Waals surface area contributed by atoms with E-state index < -0.39 is 10.2 Å². The standard InChI is InChI=1S/C15H18FN3O3S/c1-10-13(11(2)19-23(21,22)18-10)9-15(20)17-8-7-12-5-3-4-6-14(12)16/h3-6,18H,7-9H2,1-2H3,(H,17,20). The number of halogens is 1. The van der Waals surface area contributed by atoms with E-state index in [0.717, 1.165) is 0 Å². The lowest BCUT2D eigenvalue weighted by Gasteiger charge is -2.17. The number of carbonyl (C=O) groups is 1. The van der Waals surface area contributed by atoms with Gasteiger partial charge in [0.25, 0.3) is 0 Å². The number of allylic oxidation sites excluding steroid dienone is 1. The number of nitrogens with one attached hydrogen (secondary N) is 2. The van der Waals surface area contributed by atoms with Crippen molar-refractivity contribution in [1.82, 2.24) is 10.0 Å². The molecule has 0 saturated heterocycles. The summed E-state index contributed by atoms with van der Waals surface area (Å²) < 4.78 is 42.0. The lowest BCUT2D eigenvalue weighted by atomic mass is 10.1. The van der Waals surface area contributed by atoms with Crippen LogP contribution in [0.15, 0.2) is 39.9 Å². The molecule has 0 atom stereocenters. The van der Waals surface area contributed by atoms with Gasteiger partial charge in [-0.05, 0) is 31.9 Å². The molecule has 0 spiro atoms. The molecule has 8 heteroatoms. The molecule has 23 heavy (non-hydrogen) atoms. The Kier molecular flexibility index (Phi) is 5.15. The smallest absolute Gasteiger partial charge is 0.342 e. The van der Waals surface area contributed by atoms with Gasteiger partial charge in [0.15, 0.2) is 0 Å². The van der Waals surface area contributed by atoms with Gasteiger partial charge in [0.2, 0.25) is 5.91 Å². The molecule has 2 rings (SSSR count). The molecule has 2 N–H and O–H groups in total. The topological polar surface area (TPSA) is 87.6 Å². The zero-order valence-corrected chi connectivity index (χ0v) is 13.7. The van der Waals surface area contributed by atoms with Crippen LogP contribution in [0, 0.1) is 5.82 Å². The maximum Gasteiger partial charge on any atom is 0.342 e. The minimum absolute atomic E-state index is 0.0148. The number of nitrogens with zero attached hydrogens (tertiary/aromatic N) is 1. The second-order valence-corrected chi connectivity index (χ2v) is 6.56. The predicted molar refractivity (Wildman–Crippen MR) is 85.6 cm³/mol. The molecule has 1 aromatic carbocycles. The van der Waals surface area contributed by atoms with Crippen LogP contribution in [0.2, 0.25) is 0 Å². The zero-order valence-electron chi connectivity index (χ0n) is 12.9. The van der Waals surface area contributed by atoms with Gasteiger partial charge in [-0.3, -0.25) is 9.52 Å². The van der Waals surface area contributed by atoms with Crippen molar-refractivity contribution in [1.29, 1.82) is 0 Å². The average Bonchev–Trinajstić information content (AvgIpc) is 2.44. The maximum atomic E-state index is 13.5. The van der Waals surface area contributed by atoms with E-state index in [1.807, 2.05) is 0 Å². The Hall–Kier alpha value is -2.22. The molecule has 0 unspecified atom stereocenters. The van der Waals surface area contributed by atoms with E-state index in [1.165, 1.54) is 6.07 Å². The number of amides is 1. The van der Waals surface area contributed by atoms with E-state index in [9.17, 15) is 17.6 Å². The van der Waals surface area contributed by atoms with Crippen LogP contribution in [0.3, 0.4) is 0 Å². The predicted octanol–water partition coefficient (Wildman–Crippen LogP) is 1.46. The van der Waals surface area contributed by atoms with Crippen LogP contribution in [-0.4, -0.2) is 26.6 Å². The highest BCUT2D eigenvalue weighted by Crippen LogP contribution is 2.16. The van der Waals surface area contributed by atoms with E-state index in [4.69, 9.17) is 0 Å². The van der Waals surface area contributed by atoms with Gasteiger partial charge >= 0.3 is 10.2 Å². The summed E-state index contributed by atoms with van der Waals surface area (Å²) in [6, 6.07) is 6.39. The van der Waals surface area contributed by atoms with E-state index >= 15 is 0 Å². The van der Waals surface area contributed by atoms with Gasteiger partial charge in [-0.1, -0.05) is 18.2 Å². The molecule has 0 bridgehead atoms. The van der Waals surface area contributed by atoms with Crippen molar-refractivity contribution in [3.63, 3.8) is 0 Å². The molecule has 1 aliphatic rings. The minimum Gasteiger partial charge on any atom is -0.355 e. The largest absolute Gasteiger partial charge is 0.355 e. The number of hydrogen-bond donors (Lipinski definition) is 2. The fourth-order valence-electron chi connectivity index (χ4n) is 2.31. The van der Waals surface area contributed by atoms with E-state index in [0.29, 0.717) is 35.5 Å². The number of benzene rings is 1. The Morgan fingerprint density at radius 2 is 2.00 bits per heavy atom. The second-order valence-electron chi connectivity index (χ2n) is 5.23. The molecule has 1 aliphatic heterocycles. The number of hydrogen-bond acceptors (Lipinski definition) is 3. The molecule has 0 aromatic heterocycles. The molecule has 6 nitrogen and oxygen atoms in total. The fraction of sp³-hybridized carbons (Fsp3) is 0.333. The SMILES string of the molecule is CC1=NS(=O)(=O)NC(C)=C1CC(=O)NCCc1ccccc1F. The van der Waals surface area contributed by atoms with Crippen molar-refractivity contribution in [2.24, 2.45) is 4.40 Å². The van der Waals surface area contributed by atoms with Gasteiger partial charge < -0.3 is 5.32 Å². The van der Waals surface area contributed by atoms with Crippen LogP contribution >= 0.6 is 0 Å². The third-order valence-corrected chi connectivity index (χ3v) is 4.52. The highest BCUT2D eigenvalue weighted by Gasteiger charge is 2.21. The molecule has 1 aromatic rings. The van der Waals surface area contributed by atoms with Crippen molar-refractivity contribution in [2.45, 2.75) is 26.7 Å². The molecular formula is C15H18FN3O3S. The van der Waals surface area contributed by atoms with Gasteiger partial charge in [0, 0.05) is 17.8 Å². The monoisotopic (exact) mass is 339 g/mol. The van der Waals surface area contributed by atoms with E-state index in [2.05, 4.69) is 14.4 Å². The summed E-state index contributed by atoms with van der Waals surface area (Å²) in [4.78, 5) is 12.0. The lowest BCUT2D eigenvalue weighted by Crippen LogP contribution is -2.32. The second kappa shape index (κ2) is 6.91. The third kappa shape index (κ3) is 4.62.